The van der Waals surface area contributed by atoms with E-state index in [1.165, 1.54) is 11.1 Å². The summed E-state index contributed by atoms with van der Waals surface area (Å²) in [5.41, 5.74) is 2.52. The van der Waals surface area contributed by atoms with Gasteiger partial charge in [0, 0.05) is 4.90 Å². The summed E-state index contributed by atoms with van der Waals surface area (Å²) < 4.78 is 5.19. The van der Waals surface area contributed by atoms with Gasteiger partial charge in [-0.05, 0) is 56.2 Å². The molecule has 0 spiro atoms. The number of carbonyl (C=O) groups excluding carboxylic acids is 1. The average molecular weight is 289 g/mol. The molecule has 4 heteroatoms. The maximum atomic E-state index is 12.0. The molecule has 20 heavy (non-hydrogen) atoms. The number of aryl methyl sites for hydroxylation is 2. The Hall–Kier alpha value is -1.68. The Morgan fingerprint density at radius 2 is 2.10 bits per heavy atom. The summed E-state index contributed by atoms with van der Waals surface area (Å²) in [6.07, 6.45) is 1.61. The van der Waals surface area contributed by atoms with Crippen LogP contribution in [-0.4, -0.2) is 11.2 Å². The number of benzene rings is 1. The molecule has 1 atom stereocenters. The molecule has 0 bridgehead atoms. The van der Waals surface area contributed by atoms with Crippen LogP contribution in [0.3, 0.4) is 0 Å². The van der Waals surface area contributed by atoms with Crippen molar-refractivity contribution in [2.45, 2.75) is 37.5 Å². The summed E-state index contributed by atoms with van der Waals surface area (Å²) in [7, 11) is 0. The molecule has 0 radical (unpaired) electrons. The van der Waals surface area contributed by atoms with E-state index in [9.17, 15) is 4.79 Å². The Kier molecular flexibility index (Phi) is 4.90. The lowest BCUT2D eigenvalue weighted by Crippen LogP contribution is -2.30. The van der Waals surface area contributed by atoms with Crippen molar-refractivity contribution in [1.82, 2.24) is 5.32 Å². The first-order valence-electron chi connectivity index (χ1n) is 6.60. The highest BCUT2D eigenvalue weighted by atomic mass is 32.2. The molecule has 1 heterocycles. The van der Waals surface area contributed by atoms with Gasteiger partial charge in [0.2, 0.25) is 5.91 Å². The Morgan fingerprint density at radius 3 is 2.75 bits per heavy atom. The number of rotatable bonds is 5. The van der Waals surface area contributed by atoms with Crippen LogP contribution < -0.4 is 5.32 Å². The van der Waals surface area contributed by atoms with Crippen LogP contribution >= 0.6 is 11.8 Å². The summed E-state index contributed by atoms with van der Waals surface area (Å²) in [5.74, 6) is 0.784. The third-order valence-electron chi connectivity index (χ3n) is 3.18. The minimum absolute atomic E-state index is 0.0182. The number of nitrogens with one attached hydrogen (secondary N) is 1. The Labute approximate surface area is 123 Å². The largest absolute Gasteiger partial charge is 0.467 e. The summed E-state index contributed by atoms with van der Waals surface area (Å²) in [6, 6.07) is 9.93. The van der Waals surface area contributed by atoms with Gasteiger partial charge in [-0.2, -0.15) is 0 Å². The fourth-order valence-electron chi connectivity index (χ4n) is 1.78. The van der Waals surface area contributed by atoms with Crippen molar-refractivity contribution in [3.63, 3.8) is 0 Å². The standard InChI is InChI=1S/C16H19NO2S/c1-11-6-7-15(9-12(11)2)20-13(3)16(18)17-10-14-5-4-8-19-14/h4-9,13H,10H2,1-3H3,(H,17,18)/t13-/m0/s1. The van der Waals surface area contributed by atoms with Crippen LogP contribution in [0.4, 0.5) is 0 Å². The molecule has 106 valence electrons. The van der Waals surface area contributed by atoms with Crippen LogP contribution in [0.15, 0.2) is 45.9 Å². The van der Waals surface area contributed by atoms with E-state index in [1.807, 2.05) is 19.1 Å². The lowest BCUT2D eigenvalue weighted by atomic mass is 10.1. The van der Waals surface area contributed by atoms with Crippen LogP contribution in [0.5, 0.6) is 0 Å². The van der Waals surface area contributed by atoms with E-state index in [0.29, 0.717) is 6.54 Å². The van der Waals surface area contributed by atoms with E-state index in [-0.39, 0.29) is 11.2 Å². The first kappa shape index (κ1) is 14.7. The summed E-state index contributed by atoms with van der Waals surface area (Å²) in [5, 5.41) is 2.75. The second-order valence-corrected chi connectivity index (χ2v) is 6.22. The molecule has 0 aliphatic heterocycles. The van der Waals surface area contributed by atoms with Crippen LogP contribution in [-0.2, 0) is 11.3 Å². The number of thioether (sulfide) groups is 1. The number of hydrogen-bond donors (Lipinski definition) is 1. The van der Waals surface area contributed by atoms with Crippen molar-refractivity contribution < 1.29 is 9.21 Å². The van der Waals surface area contributed by atoms with Crippen molar-refractivity contribution in [2.75, 3.05) is 0 Å². The van der Waals surface area contributed by atoms with E-state index >= 15 is 0 Å². The number of hydrogen-bond acceptors (Lipinski definition) is 3. The first-order valence-corrected chi connectivity index (χ1v) is 7.48. The third kappa shape index (κ3) is 3.90. The molecular weight excluding hydrogens is 270 g/mol. The molecule has 2 rings (SSSR count). The Bertz CT molecular complexity index is 578. The van der Waals surface area contributed by atoms with Crippen molar-refractivity contribution in [2.24, 2.45) is 0 Å². The van der Waals surface area contributed by atoms with Crippen LogP contribution in [0, 0.1) is 13.8 Å². The molecule has 3 nitrogen and oxygen atoms in total. The molecule has 0 saturated heterocycles. The predicted molar refractivity (Wildman–Crippen MR) is 81.8 cm³/mol. The van der Waals surface area contributed by atoms with Gasteiger partial charge >= 0.3 is 0 Å². The van der Waals surface area contributed by atoms with Gasteiger partial charge in [0.25, 0.3) is 0 Å². The van der Waals surface area contributed by atoms with Crippen molar-refractivity contribution in [3.05, 3.63) is 53.5 Å². The lowest BCUT2D eigenvalue weighted by molar-refractivity contribution is -0.120. The third-order valence-corrected chi connectivity index (χ3v) is 4.27. The maximum Gasteiger partial charge on any atom is 0.233 e. The van der Waals surface area contributed by atoms with Gasteiger partial charge in [0.15, 0.2) is 0 Å². The van der Waals surface area contributed by atoms with Crippen molar-refractivity contribution in [1.29, 1.82) is 0 Å². The number of carbonyl (C=O) groups is 1. The Morgan fingerprint density at radius 1 is 1.30 bits per heavy atom. The van der Waals surface area contributed by atoms with E-state index in [4.69, 9.17) is 4.42 Å². The zero-order valence-corrected chi connectivity index (χ0v) is 12.8. The van der Waals surface area contributed by atoms with Crippen molar-refractivity contribution in [3.8, 4) is 0 Å². The molecule has 1 amide bonds. The topological polar surface area (TPSA) is 42.2 Å². The second kappa shape index (κ2) is 6.66. The van der Waals surface area contributed by atoms with Crippen LogP contribution in [0.25, 0.3) is 0 Å². The number of furan rings is 1. The summed E-state index contributed by atoms with van der Waals surface area (Å²) in [6.45, 7) is 6.52. The van der Waals surface area contributed by atoms with Gasteiger partial charge < -0.3 is 9.73 Å². The van der Waals surface area contributed by atoms with Crippen LogP contribution in [0.1, 0.15) is 23.8 Å². The molecule has 1 aromatic carbocycles. The number of amides is 1. The fraction of sp³-hybridized carbons (Fsp3) is 0.312. The summed E-state index contributed by atoms with van der Waals surface area (Å²) in [4.78, 5) is 13.1. The highest BCUT2D eigenvalue weighted by molar-refractivity contribution is 8.00. The van der Waals surface area contributed by atoms with E-state index in [0.717, 1.165) is 10.7 Å². The van der Waals surface area contributed by atoms with Gasteiger partial charge in [-0.1, -0.05) is 6.07 Å². The van der Waals surface area contributed by atoms with E-state index in [1.54, 1.807) is 18.0 Å². The smallest absolute Gasteiger partial charge is 0.233 e. The molecule has 0 aliphatic rings. The molecular formula is C16H19NO2S. The molecule has 1 N–H and O–H groups in total. The van der Waals surface area contributed by atoms with E-state index < -0.39 is 0 Å². The van der Waals surface area contributed by atoms with Gasteiger partial charge in [-0.15, -0.1) is 11.8 Å². The molecule has 2 aromatic rings. The summed E-state index contributed by atoms with van der Waals surface area (Å²) >= 11 is 1.57. The quantitative estimate of drug-likeness (QED) is 0.854. The highest BCUT2D eigenvalue weighted by Crippen LogP contribution is 2.25. The van der Waals surface area contributed by atoms with Gasteiger partial charge in [0.1, 0.15) is 5.76 Å². The molecule has 0 saturated carbocycles. The maximum absolute atomic E-state index is 12.0. The normalized spacial score (nSPS) is 12.2. The fourth-order valence-corrected chi connectivity index (χ4v) is 2.77. The van der Waals surface area contributed by atoms with Gasteiger partial charge in [-0.3, -0.25) is 4.79 Å². The zero-order valence-electron chi connectivity index (χ0n) is 12.0. The lowest BCUT2D eigenvalue weighted by Gasteiger charge is -2.12. The van der Waals surface area contributed by atoms with Crippen molar-refractivity contribution >= 4 is 17.7 Å². The van der Waals surface area contributed by atoms with E-state index in [2.05, 4.69) is 37.4 Å². The average Bonchev–Trinajstić information content (AvgIpc) is 2.93. The monoisotopic (exact) mass is 289 g/mol. The highest BCUT2D eigenvalue weighted by Gasteiger charge is 2.14. The zero-order chi connectivity index (χ0) is 14.5. The minimum Gasteiger partial charge on any atom is -0.467 e. The van der Waals surface area contributed by atoms with Gasteiger partial charge in [0.05, 0.1) is 18.1 Å². The predicted octanol–water partition coefficient (Wildman–Crippen LogP) is 3.69. The first-order chi connectivity index (χ1) is 9.56. The van der Waals surface area contributed by atoms with Gasteiger partial charge in [-0.25, -0.2) is 0 Å². The SMILES string of the molecule is Cc1ccc(S[C@@H](C)C(=O)NCc2ccco2)cc1C. The van der Waals surface area contributed by atoms with Crippen LogP contribution in [0.2, 0.25) is 0 Å². The molecule has 1 aromatic heterocycles. The molecule has 0 fully saturated rings. The second-order valence-electron chi connectivity index (χ2n) is 4.80. The Balaban J connectivity index is 1.88. The molecule has 0 aliphatic carbocycles. The molecule has 0 unspecified atom stereocenters. The minimum atomic E-state index is -0.132.